The predicted octanol–water partition coefficient (Wildman–Crippen LogP) is 4.43. The number of terminal acetylenes is 1. The minimum Gasteiger partial charge on any atom is -0.404 e. The number of amidine groups is 1. The number of hydrogen-bond donors (Lipinski definition) is 3. The number of imidazole rings is 1. The molecule has 0 aliphatic rings. The zero-order valence-corrected chi connectivity index (χ0v) is 21.8. The van der Waals surface area contributed by atoms with E-state index in [4.69, 9.17) is 17.9 Å². The first kappa shape index (κ1) is 24.9. The zero-order chi connectivity index (χ0) is 27.0. The third-order valence-electron chi connectivity index (χ3n) is 6.29. The molecule has 2 heterocycles. The maximum atomic E-state index is 13.9. The Morgan fingerprint density at radius 1 is 1.11 bits per heavy atom. The highest BCUT2D eigenvalue weighted by molar-refractivity contribution is 7.90. The largest absolute Gasteiger partial charge is 0.404 e. The van der Waals surface area contributed by atoms with Gasteiger partial charge < -0.3 is 16.5 Å². The van der Waals surface area contributed by atoms with Gasteiger partial charge >= 0.3 is 0 Å². The monoisotopic (exact) mass is 522 g/mol. The molecule has 8 nitrogen and oxygen atoms in total. The van der Waals surface area contributed by atoms with Gasteiger partial charge in [0.1, 0.15) is 11.7 Å². The van der Waals surface area contributed by atoms with E-state index < -0.39 is 10.0 Å². The molecule has 0 amide bonds. The van der Waals surface area contributed by atoms with Crippen LogP contribution in [0.4, 0.5) is 5.69 Å². The number of rotatable bonds is 6. The Kier molecular flexibility index (Phi) is 6.27. The van der Waals surface area contributed by atoms with E-state index in [1.165, 1.54) is 10.2 Å². The van der Waals surface area contributed by atoms with Crippen LogP contribution in [-0.4, -0.2) is 28.2 Å². The lowest BCUT2D eigenvalue weighted by atomic mass is 10.1. The molecule has 0 saturated carbocycles. The highest BCUT2D eigenvalue weighted by Crippen LogP contribution is 2.29. The zero-order valence-electron chi connectivity index (χ0n) is 20.9. The van der Waals surface area contributed by atoms with Gasteiger partial charge in [-0.2, -0.15) is 0 Å². The van der Waals surface area contributed by atoms with Crippen molar-refractivity contribution in [3.63, 3.8) is 0 Å². The van der Waals surface area contributed by atoms with Gasteiger partial charge in [0.15, 0.2) is 0 Å². The van der Waals surface area contributed by atoms with Gasteiger partial charge in [0.05, 0.1) is 27.1 Å². The molecule has 190 valence electrons. The summed E-state index contributed by atoms with van der Waals surface area (Å²) < 4.78 is 29.0. The number of nitrogens with zero attached hydrogens (tertiary/aromatic N) is 3. The summed E-state index contributed by atoms with van der Waals surface area (Å²) in [4.78, 5) is 12.3. The van der Waals surface area contributed by atoms with Crippen molar-refractivity contribution in [2.75, 3.05) is 0 Å². The van der Waals surface area contributed by atoms with Gasteiger partial charge in [-0.15, -0.1) is 6.42 Å². The normalized spacial score (nSPS) is 12.8. The molecule has 5 rings (SSSR count). The van der Waals surface area contributed by atoms with Crippen molar-refractivity contribution in [3.8, 4) is 12.3 Å². The van der Waals surface area contributed by atoms with Gasteiger partial charge in [-0.1, -0.05) is 23.6 Å². The van der Waals surface area contributed by atoms with Crippen molar-refractivity contribution in [2.24, 2.45) is 16.5 Å². The van der Waals surface area contributed by atoms with Gasteiger partial charge in [0.25, 0.3) is 10.0 Å². The maximum Gasteiger partial charge on any atom is 0.268 e. The lowest BCUT2D eigenvalue weighted by molar-refractivity contribution is 0.587. The molecule has 0 unspecified atom stereocenters. The fraction of sp³-hybridized carbons (Fsp3) is 0.103. The third-order valence-corrected chi connectivity index (χ3v) is 8.07. The highest BCUT2D eigenvalue weighted by atomic mass is 32.2. The Bertz CT molecular complexity index is 1900. The molecule has 0 radical (unpaired) electrons. The van der Waals surface area contributed by atoms with Crippen LogP contribution in [0.25, 0.3) is 21.9 Å². The van der Waals surface area contributed by atoms with Crippen molar-refractivity contribution in [3.05, 3.63) is 101 Å². The number of aryl methyl sites for hydroxylation is 2. The maximum absolute atomic E-state index is 13.9. The summed E-state index contributed by atoms with van der Waals surface area (Å²) in [6.45, 7) is 3.78. The first-order valence-electron chi connectivity index (χ1n) is 11.8. The lowest BCUT2D eigenvalue weighted by Gasteiger charge is -2.14. The molecule has 2 aromatic heterocycles. The highest BCUT2D eigenvalue weighted by Gasteiger charge is 2.24. The first-order valence-corrected chi connectivity index (χ1v) is 13.3. The van der Waals surface area contributed by atoms with E-state index >= 15 is 0 Å². The van der Waals surface area contributed by atoms with E-state index in [2.05, 4.69) is 20.9 Å². The summed E-state index contributed by atoms with van der Waals surface area (Å²) in [5, 5.41) is 0.693. The molecular weight excluding hydrogens is 496 g/mol. The minimum absolute atomic E-state index is 0.127. The van der Waals surface area contributed by atoms with Crippen LogP contribution in [-0.2, 0) is 16.4 Å². The van der Waals surface area contributed by atoms with Crippen LogP contribution in [0.1, 0.15) is 22.6 Å². The van der Waals surface area contributed by atoms with E-state index in [0.29, 0.717) is 33.4 Å². The van der Waals surface area contributed by atoms with Crippen molar-refractivity contribution in [1.29, 1.82) is 0 Å². The number of benzene rings is 3. The molecule has 9 heteroatoms. The lowest BCUT2D eigenvalue weighted by Crippen LogP contribution is -2.21. The van der Waals surface area contributed by atoms with Crippen LogP contribution in [0.2, 0.25) is 0 Å². The molecule has 0 aliphatic heterocycles. The second-order valence-electron chi connectivity index (χ2n) is 9.03. The van der Waals surface area contributed by atoms with Crippen molar-refractivity contribution < 1.29 is 8.42 Å². The van der Waals surface area contributed by atoms with Crippen molar-refractivity contribution in [2.45, 2.75) is 25.2 Å². The van der Waals surface area contributed by atoms with Crippen LogP contribution in [0.15, 0.2) is 88.4 Å². The third kappa shape index (κ3) is 4.53. The molecule has 0 fully saturated rings. The standard InChI is InChI=1S/C29H26N6O2S/c1-4-20-7-12-28-21(13-20)14-24(35(28)38(36,37)25-9-5-18(2)6-10-25)15-22(17-30)29(31)34-23-8-11-26-27(16-23)33-19(3)32-26/h1,5-14,16-17H,15,30H2,2-3H3,(H2,31,34)(H,32,33). The van der Waals surface area contributed by atoms with Crippen LogP contribution in [0.5, 0.6) is 0 Å². The minimum atomic E-state index is -3.94. The van der Waals surface area contributed by atoms with Crippen LogP contribution in [0.3, 0.4) is 0 Å². The SMILES string of the molecule is C#Cc1ccc2c(c1)cc(CC(=CN)C(N)=Nc1ccc3nc(C)[nH]c3c1)n2S(=O)(=O)c1ccc(C)cc1. The smallest absolute Gasteiger partial charge is 0.268 e. The molecule has 0 aliphatic carbocycles. The summed E-state index contributed by atoms with van der Waals surface area (Å²) >= 11 is 0. The molecule has 5 aromatic rings. The molecular formula is C29H26N6O2S. The average Bonchev–Trinajstić information content (AvgIpc) is 3.45. The van der Waals surface area contributed by atoms with Crippen LogP contribution >= 0.6 is 0 Å². The van der Waals surface area contributed by atoms with E-state index in [1.807, 2.05) is 32.0 Å². The Hall–Kier alpha value is -4.81. The number of hydrogen-bond acceptors (Lipinski definition) is 5. The fourth-order valence-corrected chi connectivity index (χ4v) is 5.94. The molecule has 0 atom stereocenters. The predicted molar refractivity (Wildman–Crippen MR) is 152 cm³/mol. The Morgan fingerprint density at radius 2 is 1.87 bits per heavy atom. The van der Waals surface area contributed by atoms with E-state index in [-0.39, 0.29) is 17.2 Å². The van der Waals surface area contributed by atoms with Gasteiger partial charge in [0.2, 0.25) is 0 Å². The number of fused-ring (bicyclic) bond motifs is 2. The Labute approximate surface area is 220 Å². The molecule has 38 heavy (non-hydrogen) atoms. The van der Waals surface area contributed by atoms with E-state index in [9.17, 15) is 8.42 Å². The summed E-state index contributed by atoms with van der Waals surface area (Å²) in [6, 6.07) is 19.2. The summed E-state index contributed by atoms with van der Waals surface area (Å²) in [5.41, 5.74) is 17.7. The number of aromatic amines is 1. The van der Waals surface area contributed by atoms with E-state index in [0.717, 1.165) is 22.4 Å². The Balaban J connectivity index is 1.59. The van der Waals surface area contributed by atoms with Gasteiger partial charge in [-0.3, -0.25) is 0 Å². The second-order valence-corrected chi connectivity index (χ2v) is 10.8. The number of aromatic nitrogens is 3. The molecule has 3 aromatic carbocycles. The van der Waals surface area contributed by atoms with Crippen molar-refractivity contribution >= 4 is 43.5 Å². The van der Waals surface area contributed by atoms with Gasteiger partial charge in [0, 0.05) is 34.8 Å². The second kappa shape index (κ2) is 9.57. The number of H-pyrrole nitrogens is 1. The van der Waals surface area contributed by atoms with Crippen molar-refractivity contribution in [1.82, 2.24) is 13.9 Å². The first-order chi connectivity index (χ1) is 18.2. The molecule has 0 spiro atoms. The summed E-state index contributed by atoms with van der Waals surface area (Å²) in [7, 11) is -3.94. The van der Waals surface area contributed by atoms with E-state index in [1.54, 1.807) is 48.5 Å². The quantitative estimate of drug-likeness (QED) is 0.172. The fourth-order valence-electron chi connectivity index (χ4n) is 4.40. The summed E-state index contributed by atoms with van der Waals surface area (Å²) in [6.07, 6.45) is 7.07. The summed E-state index contributed by atoms with van der Waals surface area (Å²) in [5.74, 6) is 3.58. The number of aliphatic imine (C=N–C) groups is 1. The van der Waals surface area contributed by atoms with Crippen LogP contribution in [0, 0.1) is 26.2 Å². The number of nitrogens with two attached hydrogens (primary N) is 2. The van der Waals surface area contributed by atoms with Gasteiger partial charge in [-0.05, 0) is 68.4 Å². The molecule has 0 bridgehead atoms. The number of nitrogens with one attached hydrogen (secondary N) is 1. The van der Waals surface area contributed by atoms with Crippen LogP contribution < -0.4 is 11.5 Å². The average molecular weight is 523 g/mol. The molecule has 5 N–H and O–H groups in total. The Morgan fingerprint density at radius 3 is 2.58 bits per heavy atom. The topological polar surface area (TPSA) is 132 Å². The van der Waals surface area contributed by atoms with Gasteiger partial charge in [-0.25, -0.2) is 22.4 Å². The molecule has 0 saturated heterocycles.